The van der Waals surface area contributed by atoms with Crippen molar-refractivity contribution in [3.05, 3.63) is 76.6 Å². The number of thiazole rings is 1. The fraction of sp³-hybridized carbons (Fsp3) is 0.419. The maximum absolute atomic E-state index is 13.6. The Morgan fingerprint density at radius 1 is 0.864 bits per heavy atom. The number of fused-ring (bicyclic) bond motifs is 2. The lowest BCUT2D eigenvalue weighted by Gasteiger charge is -2.44. The zero-order chi connectivity index (χ0) is 29.7. The number of likely N-dealkylation sites (tertiary alicyclic amines) is 1. The molecule has 230 valence electrons. The molecule has 4 aliphatic rings. The summed E-state index contributed by atoms with van der Waals surface area (Å²) in [5.74, 6) is 0.725. The van der Waals surface area contributed by atoms with Crippen LogP contribution < -0.4 is 4.90 Å². The van der Waals surface area contributed by atoms with E-state index in [0.717, 1.165) is 80.1 Å². The Bertz CT molecular complexity index is 1790. The van der Waals surface area contributed by atoms with Gasteiger partial charge in [-0.2, -0.15) is 0 Å². The van der Waals surface area contributed by atoms with Gasteiger partial charge in [-0.05, 0) is 30.7 Å². The van der Waals surface area contributed by atoms with Gasteiger partial charge >= 0.3 is 0 Å². The number of anilines is 1. The zero-order valence-electron chi connectivity index (χ0n) is 24.4. The van der Waals surface area contributed by atoms with Crippen LogP contribution in [0.15, 0.2) is 66.0 Å². The van der Waals surface area contributed by atoms with E-state index in [-0.39, 0.29) is 11.1 Å². The fourth-order valence-electron chi connectivity index (χ4n) is 6.49. The van der Waals surface area contributed by atoms with Crippen LogP contribution in [0.25, 0.3) is 16.6 Å². The molecule has 0 aliphatic carbocycles. The molecule has 3 saturated heterocycles. The second-order valence-electron chi connectivity index (χ2n) is 11.5. The van der Waals surface area contributed by atoms with Gasteiger partial charge in [-0.3, -0.25) is 9.80 Å². The summed E-state index contributed by atoms with van der Waals surface area (Å²) in [6, 6.07) is 12.2. The van der Waals surface area contributed by atoms with Crippen LogP contribution in [-0.4, -0.2) is 103 Å². The number of morpholine rings is 2. The zero-order valence-corrected chi connectivity index (χ0v) is 26.0. The van der Waals surface area contributed by atoms with Crippen LogP contribution in [0, 0.1) is 0 Å². The maximum atomic E-state index is 13.6. The highest BCUT2D eigenvalue weighted by molar-refractivity contribution is 7.90. The van der Waals surface area contributed by atoms with E-state index in [1.165, 1.54) is 15.3 Å². The second kappa shape index (κ2) is 11.5. The summed E-state index contributed by atoms with van der Waals surface area (Å²) in [4.78, 5) is 21.2. The minimum Gasteiger partial charge on any atom is -0.379 e. The quantitative estimate of drug-likeness (QED) is 0.301. The summed E-state index contributed by atoms with van der Waals surface area (Å²) in [6.07, 6.45) is 6.85. The maximum Gasteiger partial charge on any atom is 0.268 e. The largest absolute Gasteiger partial charge is 0.379 e. The molecule has 44 heavy (non-hydrogen) atoms. The van der Waals surface area contributed by atoms with Crippen molar-refractivity contribution >= 4 is 43.8 Å². The SMILES string of the molecule is O=S(=O)(c1ccccc1)n1ccc2c(N3C=C(N4CCOCC4)c4nc(C(N5CCC5)N5CCOCC5)sc4C3)nccc21. The Morgan fingerprint density at radius 3 is 2.32 bits per heavy atom. The third kappa shape index (κ3) is 4.91. The van der Waals surface area contributed by atoms with Crippen LogP contribution >= 0.6 is 11.3 Å². The molecule has 1 atom stereocenters. The van der Waals surface area contributed by atoms with Crippen molar-refractivity contribution in [2.24, 2.45) is 0 Å². The monoisotopic (exact) mass is 633 g/mol. The van der Waals surface area contributed by atoms with Gasteiger partial charge in [-0.1, -0.05) is 18.2 Å². The van der Waals surface area contributed by atoms with Crippen molar-refractivity contribution < 1.29 is 17.9 Å². The third-order valence-corrected chi connectivity index (χ3v) is 11.7. The summed E-state index contributed by atoms with van der Waals surface area (Å²) in [5.41, 5.74) is 2.70. The van der Waals surface area contributed by atoms with Crippen molar-refractivity contribution in [2.75, 3.05) is 70.6 Å². The molecule has 1 aromatic carbocycles. The molecule has 0 spiro atoms. The Balaban J connectivity index is 1.19. The predicted molar refractivity (Wildman–Crippen MR) is 169 cm³/mol. The number of benzene rings is 1. The number of nitrogens with zero attached hydrogens (tertiary/aromatic N) is 7. The number of hydrogen-bond donors (Lipinski definition) is 0. The average Bonchev–Trinajstić information content (AvgIpc) is 3.68. The van der Waals surface area contributed by atoms with E-state index in [4.69, 9.17) is 19.4 Å². The molecule has 1 unspecified atom stereocenters. The first-order valence-corrected chi connectivity index (χ1v) is 17.5. The van der Waals surface area contributed by atoms with E-state index < -0.39 is 10.0 Å². The standard InChI is InChI=1S/C31H35N7O4S2/c39-44(40,23-5-2-1-3-6-23)38-12-8-24-25(38)7-9-32-29(24)37-21-26(34-13-17-41-18-14-34)28-27(22-37)43-30(33-28)31(35-10-4-11-35)36-15-19-42-20-16-36/h1-3,5-9,12,21,31H,4,10-11,13-20,22H2. The highest BCUT2D eigenvalue weighted by Crippen LogP contribution is 2.41. The Kier molecular flexibility index (Phi) is 7.39. The lowest BCUT2D eigenvalue weighted by Crippen LogP contribution is -2.51. The molecular weight excluding hydrogens is 599 g/mol. The number of ether oxygens (including phenoxy) is 2. The molecule has 4 aromatic rings. The van der Waals surface area contributed by atoms with Crippen LogP contribution in [0.5, 0.6) is 0 Å². The summed E-state index contributed by atoms with van der Waals surface area (Å²) < 4.78 is 39.9. The number of pyridine rings is 1. The summed E-state index contributed by atoms with van der Waals surface area (Å²) in [6.45, 7) is 8.98. The fourth-order valence-corrected chi connectivity index (χ4v) is 9.10. The molecule has 7 heterocycles. The van der Waals surface area contributed by atoms with E-state index in [2.05, 4.69) is 25.8 Å². The summed E-state index contributed by atoms with van der Waals surface area (Å²) in [7, 11) is -3.76. The minimum absolute atomic E-state index is 0.154. The summed E-state index contributed by atoms with van der Waals surface area (Å²) in [5, 5.41) is 1.91. The molecule has 4 aliphatic heterocycles. The molecule has 0 saturated carbocycles. The van der Waals surface area contributed by atoms with Crippen LogP contribution in [0.1, 0.15) is 28.2 Å². The molecule has 0 radical (unpaired) electrons. The van der Waals surface area contributed by atoms with Gasteiger partial charge in [0.25, 0.3) is 10.0 Å². The topological polar surface area (TPSA) is 96.3 Å². The van der Waals surface area contributed by atoms with E-state index >= 15 is 0 Å². The Hall–Kier alpha value is -3.33. The molecule has 0 N–H and O–H groups in total. The van der Waals surface area contributed by atoms with Crippen molar-refractivity contribution in [3.63, 3.8) is 0 Å². The van der Waals surface area contributed by atoms with Gasteiger partial charge in [-0.15, -0.1) is 11.3 Å². The van der Waals surface area contributed by atoms with Gasteiger partial charge in [0.05, 0.1) is 54.0 Å². The highest BCUT2D eigenvalue weighted by Gasteiger charge is 2.37. The van der Waals surface area contributed by atoms with Crippen LogP contribution in [0.2, 0.25) is 0 Å². The first-order valence-electron chi connectivity index (χ1n) is 15.2. The second-order valence-corrected chi connectivity index (χ2v) is 14.4. The molecule has 3 aromatic heterocycles. The lowest BCUT2D eigenvalue weighted by atomic mass is 10.1. The van der Waals surface area contributed by atoms with Gasteiger partial charge < -0.3 is 19.3 Å². The van der Waals surface area contributed by atoms with Crippen molar-refractivity contribution in [1.82, 2.24) is 28.6 Å². The van der Waals surface area contributed by atoms with Crippen molar-refractivity contribution in [3.8, 4) is 0 Å². The molecule has 0 amide bonds. The molecule has 8 rings (SSSR count). The third-order valence-electron chi connectivity index (χ3n) is 8.88. The smallest absolute Gasteiger partial charge is 0.268 e. The lowest BCUT2D eigenvalue weighted by molar-refractivity contribution is -0.0547. The van der Waals surface area contributed by atoms with Crippen LogP contribution in [0.4, 0.5) is 5.82 Å². The summed E-state index contributed by atoms with van der Waals surface area (Å²) >= 11 is 1.79. The first kappa shape index (κ1) is 28.2. The predicted octanol–water partition coefficient (Wildman–Crippen LogP) is 3.42. The van der Waals surface area contributed by atoms with Crippen LogP contribution in [-0.2, 0) is 26.0 Å². The van der Waals surface area contributed by atoms with Crippen molar-refractivity contribution in [1.29, 1.82) is 0 Å². The van der Waals surface area contributed by atoms with Gasteiger partial charge in [0.1, 0.15) is 22.7 Å². The van der Waals surface area contributed by atoms with E-state index in [9.17, 15) is 8.42 Å². The van der Waals surface area contributed by atoms with E-state index in [1.807, 2.05) is 12.1 Å². The number of aromatic nitrogens is 3. The Morgan fingerprint density at radius 2 is 1.59 bits per heavy atom. The Labute approximate surface area is 261 Å². The number of rotatable bonds is 7. The molecule has 3 fully saturated rings. The molecule has 13 heteroatoms. The van der Waals surface area contributed by atoms with Gasteiger partial charge in [0, 0.05) is 63.2 Å². The molecular formula is C31H35N7O4S2. The molecule has 11 nitrogen and oxygen atoms in total. The van der Waals surface area contributed by atoms with Gasteiger partial charge in [0.15, 0.2) is 0 Å². The average molecular weight is 634 g/mol. The first-order chi connectivity index (χ1) is 21.6. The normalized spacial score (nSPS) is 20.8. The van der Waals surface area contributed by atoms with Gasteiger partial charge in [-0.25, -0.2) is 22.4 Å². The molecule has 0 bridgehead atoms. The van der Waals surface area contributed by atoms with Gasteiger partial charge in [0.2, 0.25) is 0 Å². The van der Waals surface area contributed by atoms with Crippen molar-refractivity contribution in [2.45, 2.75) is 24.0 Å². The minimum atomic E-state index is -3.76. The highest BCUT2D eigenvalue weighted by atomic mass is 32.2. The van der Waals surface area contributed by atoms with E-state index in [0.29, 0.717) is 25.3 Å². The van der Waals surface area contributed by atoms with Crippen LogP contribution in [0.3, 0.4) is 0 Å². The number of hydrogen-bond acceptors (Lipinski definition) is 11. The van der Waals surface area contributed by atoms with E-state index in [1.54, 1.807) is 54.1 Å².